The van der Waals surface area contributed by atoms with Gasteiger partial charge in [-0.3, -0.25) is 10.1 Å². The van der Waals surface area contributed by atoms with Crippen LogP contribution in [0.25, 0.3) is 11.2 Å². The molecule has 7 heteroatoms. The maximum absolute atomic E-state index is 4.38. The van der Waals surface area contributed by atoms with Gasteiger partial charge in [0.1, 0.15) is 11.3 Å². The highest BCUT2D eigenvalue weighted by Gasteiger charge is 2.28. The minimum Gasteiger partial charge on any atom is -0.355 e. The molecule has 1 saturated heterocycles. The number of anilines is 1. The molecule has 4 heterocycles. The van der Waals surface area contributed by atoms with E-state index in [2.05, 4.69) is 35.0 Å². The van der Waals surface area contributed by atoms with Crippen LogP contribution < -0.4 is 4.90 Å². The Kier molecular flexibility index (Phi) is 2.55. The summed E-state index contributed by atoms with van der Waals surface area (Å²) in [6, 6.07) is 0. The quantitative estimate of drug-likeness (QED) is 0.749. The van der Waals surface area contributed by atoms with Crippen LogP contribution in [0.5, 0.6) is 0 Å². The molecule has 1 atom stereocenters. The molecule has 0 saturated carbocycles. The summed E-state index contributed by atoms with van der Waals surface area (Å²) in [7, 11) is 0. The van der Waals surface area contributed by atoms with Gasteiger partial charge in [-0.2, -0.15) is 5.10 Å². The molecule has 20 heavy (non-hydrogen) atoms. The van der Waals surface area contributed by atoms with E-state index in [9.17, 15) is 0 Å². The summed E-state index contributed by atoms with van der Waals surface area (Å²) in [5.41, 5.74) is 2.62. The smallest absolute Gasteiger partial charge is 0.199 e. The molecule has 0 amide bonds. The fourth-order valence-corrected chi connectivity index (χ4v) is 2.71. The van der Waals surface area contributed by atoms with Gasteiger partial charge in [0.25, 0.3) is 0 Å². The second-order valence-corrected chi connectivity index (χ2v) is 4.86. The Balaban J connectivity index is 1.62. The van der Waals surface area contributed by atoms with E-state index in [0.717, 1.165) is 36.5 Å². The van der Waals surface area contributed by atoms with Crippen LogP contribution in [-0.2, 0) is 0 Å². The van der Waals surface area contributed by atoms with Crippen molar-refractivity contribution in [3.63, 3.8) is 0 Å². The number of aromatic nitrogens is 6. The van der Waals surface area contributed by atoms with E-state index in [1.54, 1.807) is 31.0 Å². The molecule has 0 radical (unpaired) electrons. The molecular weight excluding hydrogens is 254 g/mol. The number of aromatic amines is 1. The molecule has 0 bridgehead atoms. The number of hydrogen-bond donors (Lipinski definition) is 1. The number of rotatable bonds is 2. The molecule has 3 aromatic heterocycles. The minimum atomic E-state index is 0.374. The first-order valence-electron chi connectivity index (χ1n) is 6.58. The first-order chi connectivity index (χ1) is 9.92. The second-order valence-electron chi connectivity index (χ2n) is 4.86. The zero-order valence-electron chi connectivity index (χ0n) is 10.8. The third-order valence-corrected chi connectivity index (χ3v) is 3.69. The van der Waals surface area contributed by atoms with Crippen molar-refractivity contribution < 1.29 is 0 Å². The van der Waals surface area contributed by atoms with Crippen LogP contribution in [0.1, 0.15) is 18.0 Å². The lowest BCUT2D eigenvalue weighted by Crippen LogP contribution is -2.20. The van der Waals surface area contributed by atoms with Crippen molar-refractivity contribution in [3.05, 3.63) is 36.7 Å². The van der Waals surface area contributed by atoms with E-state index in [1.165, 1.54) is 0 Å². The summed E-state index contributed by atoms with van der Waals surface area (Å²) in [5, 5.41) is 7.31. The van der Waals surface area contributed by atoms with Crippen LogP contribution in [-0.4, -0.2) is 43.2 Å². The van der Waals surface area contributed by atoms with Crippen molar-refractivity contribution in [1.29, 1.82) is 0 Å². The predicted octanol–water partition coefficient (Wildman–Crippen LogP) is 1.14. The molecule has 1 fully saturated rings. The minimum absolute atomic E-state index is 0.374. The fourth-order valence-electron chi connectivity index (χ4n) is 2.71. The standard InChI is InChI=1S/C13H13N7/c1-6-20(10-7-14-2-3-15-10)8-9(1)11-12-13(19-18-11)17-5-4-16-12/h2-5,7,9H,1,6,8H2,(H,17,18,19)/t9-/m0/s1. The topological polar surface area (TPSA) is 83.5 Å². The van der Waals surface area contributed by atoms with Gasteiger partial charge in [-0.15, -0.1) is 0 Å². The molecule has 1 aliphatic rings. The van der Waals surface area contributed by atoms with Crippen LogP contribution in [0.4, 0.5) is 5.82 Å². The van der Waals surface area contributed by atoms with Crippen LogP contribution in [0.3, 0.4) is 0 Å². The number of H-pyrrole nitrogens is 1. The highest BCUT2D eigenvalue weighted by Crippen LogP contribution is 2.30. The Hall–Kier alpha value is -2.57. The summed E-state index contributed by atoms with van der Waals surface area (Å²) < 4.78 is 0. The highest BCUT2D eigenvalue weighted by atomic mass is 15.2. The molecule has 1 N–H and O–H groups in total. The van der Waals surface area contributed by atoms with Crippen molar-refractivity contribution in [2.24, 2.45) is 0 Å². The maximum atomic E-state index is 4.38. The molecule has 7 nitrogen and oxygen atoms in total. The number of nitrogens with zero attached hydrogens (tertiary/aromatic N) is 6. The van der Waals surface area contributed by atoms with E-state index in [0.29, 0.717) is 11.6 Å². The Bertz CT molecular complexity index is 724. The molecule has 1 aliphatic heterocycles. The molecule has 0 aromatic carbocycles. The van der Waals surface area contributed by atoms with Crippen molar-refractivity contribution in [3.8, 4) is 0 Å². The lowest BCUT2D eigenvalue weighted by atomic mass is 10.0. The molecular formula is C13H13N7. The van der Waals surface area contributed by atoms with Crippen molar-refractivity contribution in [2.75, 3.05) is 18.0 Å². The third-order valence-electron chi connectivity index (χ3n) is 3.69. The summed E-state index contributed by atoms with van der Waals surface area (Å²) in [6.07, 6.45) is 9.62. The van der Waals surface area contributed by atoms with Gasteiger partial charge < -0.3 is 4.90 Å². The van der Waals surface area contributed by atoms with Crippen LogP contribution in [0, 0.1) is 0 Å². The third kappa shape index (κ3) is 1.78. The van der Waals surface area contributed by atoms with Gasteiger partial charge in [0.15, 0.2) is 5.65 Å². The Morgan fingerprint density at radius 3 is 2.90 bits per heavy atom. The zero-order chi connectivity index (χ0) is 13.4. The normalized spacial score (nSPS) is 18.8. The molecule has 4 rings (SSSR count). The van der Waals surface area contributed by atoms with Crippen molar-refractivity contribution in [2.45, 2.75) is 12.3 Å². The molecule has 100 valence electrons. The fraction of sp³-hybridized carbons (Fsp3) is 0.308. The lowest BCUT2D eigenvalue weighted by Gasteiger charge is -2.16. The average molecular weight is 267 g/mol. The van der Waals surface area contributed by atoms with E-state index in [4.69, 9.17) is 0 Å². The van der Waals surface area contributed by atoms with E-state index < -0.39 is 0 Å². The predicted molar refractivity (Wildman–Crippen MR) is 73.3 cm³/mol. The summed E-state index contributed by atoms with van der Waals surface area (Å²) in [6.45, 7) is 1.86. The summed E-state index contributed by atoms with van der Waals surface area (Å²) in [5.74, 6) is 1.30. The Labute approximate surface area is 115 Å². The Morgan fingerprint density at radius 2 is 2.00 bits per heavy atom. The van der Waals surface area contributed by atoms with Crippen molar-refractivity contribution >= 4 is 17.0 Å². The van der Waals surface area contributed by atoms with E-state index in [-0.39, 0.29) is 0 Å². The van der Waals surface area contributed by atoms with Crippen LogP contribution in [0.2, 0.25) is 0 Å². The molecule has 0 unspecified atom stereocenters. The SMILES string of the molecule is c1cnc(N2CC[C@H](c3[nH]nc4nccnc34)C2)cn1. The summed E-state index contributed by atoms with van der Waals surface area (Å²) in [4.78, 5) is 19.3. The van der Waals surface area contributed by atoms with E-state index in [1.807, 2.05) is 0 Å². The van der Waals surface area contributed by atoms with Gasteiger partial charge in [0, 0.05) is 43.8 Å². The lowest BCUT2D eigenvalue weighted by molar-refractivity contribution is 0.741. The average Bonchev–Trinajstić information content (AvgIpc) is 3.14. The van der Waals surface area contributed by atoms with Gasteiger partial charge in [-0.25, -0.2) is 15.0 Å². The first kappa shape index (κ1) is 11.3. The largest absolute Gasteiger partial charge is 0.355 e. The first-order valence-corrected chi connectivity index (χ1v) is 6.58. The van der Waals surface area contributed by atoms with Gasteiger partial charge in [0.05, 0.1) is 11.9 Å². The Morgan fingerprint density at radius 1 is 1.10 bits per heavy atom. The zero-order valence-corrected chi connectivity index (χ0v) is 10.8. The summed E-state index contributed by atoms with van der Waals surface area (Å²) >= 11 is 0. The second kappa shape index (κ2) is 4.52. The van der Waals surface area contributed by atoms with Crippen molar-refractivity contribution in [1.82, 2.24) is 30.1 Å². The van der Waals surface area contributed by atoms with Gasteiger partial charge in [-0.1, -0.05) is 0 Å². The molecule has 0 spiro atoms. The number of fused-ring (bicyclic) bond motifs is 1. The van der Waals surface area contributed by atoms with Gasteiger partial charge in [-0.05, 0) is 6.42 Å². The van der Waals surface area contributed by atoms with Crippen LogP contribution in [0.15, 0.2) is 31.0 Å². The van der Waals surface area contributed by atoms with Crippen LogP contribution >= 0.6 is 0 Å². The number of hydrogen-bond acceptors (Lipinski definition) is 6. The van der Waals surface area contributed by atoms with Gasteiger partial charge >= 0.3 is 0 Å². The van der Waals surface area contributed by atoms with E-state index >= 15 is 0 Å². The highest BCUT2D eigenvalue weighted by molar-refractivity contribution is 5.73. The molecule has 3 aromatic rings. The molecule has 0 aliphatic carbocycles. The maximum Gasteiger partial charge on any atom is 0.199 e. The van der Waals surface area contributed by atoms with Gasteiger partial charge in [0.2, 0.25) is 0 Å². The number of nitrogens with one attached hydrogen (secondary N) is 1. The monoisotopic (exact) mass is 267 g/mol.